The molecule has 2 aromatic carbocycles. The molecule has 0 aromatic heterocycles. The minimum absolute atomic E-state index is 0. The summed E-state index contributed by atoms with van der Waals surface area (Å²) in [6.45, 7) is 5.51. The van der Waals surface area contributed by atoms with Crippen LogP contribution in [0.25, 0.3) is 0 Å². The Bertz CT molecular complexity index is 709. The second-order valence-corrected chi connectivity index (χ2v) is 6.14. The summed E-state index contributed by atoms with van der Waals surface area (Å²) in [5.74, 6) is 1.33. The topological polar surface area (TPSA) is 38.8 Å². The number of nitrogens with zero attached hydrogens (tertiary/aromatic N) is 1. The van der Waals surface area contributed by atoms with Crippen molar-refractivity contribution >= 4 is 60.9 Å². The van der Waals surface area contributed by atoms with Gasteiger partial charge >= 0.3 is 173 Å². The maximum atomic E-state index is 12.2. The van der Waals surface area contributed by atoms with Crippen molar-refractivity contribution in [2.45, 2.75) is 20.8 Å². The molecule has 2 aromatic rings. The maximum absolute atomic E-state index is 12.2. The third-order valence-electron chi connectivity index (χ3n) is 3.43. The Labute approximate surface area is 172 Å². The molecule has 6 heteroatoms. The predicted molar refractivity (Wildman–Crippen MR) is 102 cm³/mol. The van der Waals surface area contributed by atoms with Gasteiger partial charge in [-0.05, 0) is 0 Å². The van der Waals surface area contributed by atoms with Gasteiger partial charge < -0.3 is 0 Å². The summed E-state index contributed by atoms with van der Waals surface area (Å²) >= 11 is 1.70. The number of carbonyl (C=O) groups is 1. The van der Waals surface area contributed by atoms with Crippen molar-refractivity contribution in [1.29, 1.82) is 0 Å². The molecule has 2 rings (SSSR count). The first-order chi connectivity index (χ1) is 10.9. The summed E-state index contributed by atoms with van der Waals surface area (Å²) < 4.78 is 11.5. The average molecular weight is 555 g/mol. The van der Waals surface area contributed by atoms with E-state index in [0.29, 0.717) is 9.61 Å². The SMILES string of the molecule is COc1ccc(OC(=[Te])N(C(C)=O)c2c(C)cccc2C)cc1.[TeH2]. The van der Waals surface area contributed by atoms with E-state index < -0.39 is 0 Å². The average Bonchev–Trinajstić information content (AvgIpc) is 2.51. The molecule has 0 unspecified atom stereocenters. The fourth-order valence-corrected chi connectivity index (χ4v) is 3.23. The number of amides is 1. The first-order valence-electron chi connectivity index (χ1n) is 7.17. The van der Waals surface area contributed by atoms with Crippen LogP contribution < -0.4 is 14.4 Å². The Morgan fingerprint density at radius 2 is 1.50 bits per heavy atom. The minimum atomic E-state index is -0.0869. The normalized spacial score (nSPS) is 9.67. The second-order valence-electron chi connectivity index (χ2n) is 5.14. The molecular weight excluding hydrogens is 533 g/mol. The molecule has 0 saturated carbocycles. The number of hydrogen-bond acceptors (Lipinski definition) is 3. The molecule has 0 spiro atoms. The van der Waals surface area contributed by atoms with E-state index in [1.54, 1.807) is 33.8 Å². The van der Waals surface area contributed by atoms with Crippen molar-refractivity contribution in [3.8, 4) is 11.5 Å². The van der Waals surface area contributed by atoms with Crippen LogP contribution in [-0.2, 0) is 4.79 Å². The quantitative estimate of drug-likeness (QED) is 0.532. The summed E-state index contributed by atoms with van der Waals surface area (Å²) in [6.07, 6.45) is 0. The van der Waals surface area contributed by atoms with E-state index >= 15 is 0 Å². The van der Waals surface area contributed by atoms with Crippen LogP contribution in [-0.4, -0.2) is 62.4 Å². The number of para-hydroxylation sites is 1. The number of methoxy groups -OCH3 is 1. The van der Waals surface area contributed by atoms with Gasteiger partial charge in [-0.25, -0.2) is 0 Å². The molecule has 128 valence electrons. The molecule has 0 radical (unpaired) electrons. The number of rotatable bonds is 5. The van der Waals surface area contributed by atoms with Crippen molar-refractivity contribution in [1.82, 2.24) is 0 Å². The van der Waals surface area contributed by atoms with Crippen LogP contribution in [0.2, 0.25) is 0 Å². The van der Waals surface area contributed by atoms with Gasteiger partial charge in [-0.2, -0.15) is 0 Å². The van der Waals surface area contributed by atoms with Gasteiger partial charge in [0.25, 0.3) is 0 Å². The molecule has 24 heavy (non-hydrogen) atoms. The summed E-state index contributed by atoms with van der Waals surface area (Å²) in [5.41, 5.74) is 2.92. The number of aryl methyl sites for hydroxylation is 2. The van der Waals surface area contributed by atoms with E-state index in [9.17, 15) is 4.79 Å². The molecule has 0 saturated heterocycles. The molecule has 0 aliphatic heterocycles. The van der Waals surface area contributed by atoms with Crippen LogP contribution >= 0.6 is 0 Å². The molecule has 0 heterocycles. The van der Waals surface area contributed by atoms with Gasteiger partial charge in [-0.3, -0.25) is 0 Å². The third kappa shape index (κ3) is 4.98. The summed E-state index contributed by atoms with van der Waals surface area (Å²) in [4.78, 5) is 13.8. The van der Waals surface area contributed by atoms with Crippen molar-refractivity contribution in [3.05, 3.63) is 53.6 Å². The zero-order chi connectivity index (χ0) is 17.0. The van der Waals surface area contributed by atoms with Crippen LogP contribution in [0.5, 0.6) is 11.5 Å². The number of ether oxygens (including phenoxy) is 2. The van der Waals surface area contributed by atoms with E-state index in [1.165, 1.54) is 6.92 Å². The van der Waals surface area contributed by atoms with Gasteiger partial charge in [0.05, 0.1) is 0 Å². The van der Waals surface area contributed by atoms with Gasteiger partial charge in [0, 0.05) is 0 Å². The van der Waals surface area contributed by atoms with Gasteiger partial charge in [0.15, 0.2) is 0 Å². The van der Waals surface area contributed by atoms with Gasteiger partial charge in [-0.15, -0.1) is 0 Å². The first-order valence-corrected chi connectivity index (χ1v) is 8.33. The molecule has 0 atom stereocenters. The van der Waals surface area contributed by atoms with Gasteiger partial charge in [0.2, 0.25) is 0 Å². The summed E-state index contributed by atoms with van der Waals surface area (Å²) in [5, 5.41) is 0. The Hall–Kier alpha value is -1.04. The number of carbonyl (C=O) groups excluding carboxylic acids is 1. The Balaban J connectivity index is 0.00000288. The van der Waals surface area contributed by atoms with Crippen LogP contribution in [0, 0.1) is 13.8 Å². The van der Waals surface area contributed by atoms with Crippen molar-refractivity contribution in [2.75, 3.05) is 12.0 Å². The molecule has 0 fully saturated rings. The molecule has 0 aliphatic carbocycles. The van der Waals surface area contributed by atoms with Gasteiger partial charge in [0.1, 0.15) is 0 Å². The summed E-state index contributed by atoms with van der Waals surface area (Å²) in [6, 6.07) is 13.2. The molecule has 4 nitrogen and oxygen atoms in total. The third-order valence-corrected chi connectivity index (χ3v) is 4.18. The van der Waals surface area contributed by atoms with E-state index in [2.05, 4.69) is 0 Å². The molecule has 0 N–H and O–H groups in total. The Kier molecular flexibility index (Phi) is 8.26. The Morgan fingerprint density at radius 1 is 1.00 bits per heavy atom. The fourth-order valence-electron chi connectivity index (χ4n) is 2.33. The standard InChI is InChI=1S/C18H19NO3Te.H2Te/c1-12-6-5-7-13(2)17(12)19(14(3)20)18(23)22-16-10-8-15(21-4)9-11-16;/h5-11H,1-4H3;1H2. The summed E-state index contributed by atoms with van der Waals surface area (Å²) in [7, 11) is 1.62. The van der Waals surface area contributed by atoms with E-state index in [-0.39, 0.29) is 29.6 Å². The number of benzene rings is 2. The van der Waals surface area contributed by atoms with Crippen molar-refractivity contribution in [3.63, 3.8) is 0 Å². The zero-order valence-corrected chi connectivity index (χ0v) is 19.3. The van der Waals surface area contributed by atoms with Crippen LogP contribution in [0.4, 0.5) is 5.69 Å². The van der Waals surface area contributed by atoms with Gasteiger partial charge in [-0.1, -0.05) is 0 Å². The van der Waals surface area contributed by atoms with Crippen LogP contribution in [0.15, 0.2) is 42.5 Å². The molecular formula is C18H21NO3Te2. The second kappa shape index (κ2) is 9.44. The van der Waals surface area contributed by atoms with Crippen molar-refractivity contribution in [2.24, 2.45) is 0 Å². The van der Waals surface area contributed by atoms with E-state index in [0.717, 1.165) is 22.6 Å². The predicted octanol–water partition coefficient (Wildman–Crippen LogP) is 2.08. The molecule has 0 aliphatic rings. The molecule has 1 amide bonds. The monoisotopic (exact) mass is 559 g/mol. The van der Waals surface area contributed by atoms with E-state index in [1.807, 2.05) is 56.3 Å². The number of anilines is 1. The van der Waals surface area contributed by atoms with Crippen LogP contribution in [0.1, 0.15) is 18.1 Å². The van der Waals surface area contributed by atoms with Crippen molar-refractivity contribution < 1.29 is 14.3 Å². The number of hydrogen-bond donors (Lipinski definition) is 0. The molecule has 0 bridgehead atoms. The Morgan fingerprint density at radius 3 is 1.96 bits per heavy atom. The zero-order valence-electron chi connectivity index (χ0n) is 14.1. The first kappa shape index (κ1) is 21.0. The van der Waals surface area contributed by atoms with Crippen LogP contribution in [0.3, 0.4) is 0 Å². The van der Waals surface area contributed by atoms with E-state index in [4.69, 9.17) is 9.47 Å². The fraction of sp³-hybridized carbons (Fsp3) is 0.222.